The largest absolute Gasteiger partial charge is 0.447 e. The van der Waals surface area contributed by atoms with E-state index in [0.29, 0.717) is 11.4 Å². The molecule has 0 atom stereocenters. The minimum Gasteiger partial charge on any atom is -0.447 e. The van der Waals surface area contributed by atoms with E-state index in [2.05, 4.69) is 11.2 Å². The van der Waals surface area contributed by atoms with Crippen molar-refractivity contribution in [1.82, 2.24) is 0 Å². The molecule has 0 unspecified atom stereocenters. The van der Waals surface area contributed by atoms with Gasteiger partial charge >= 0.3 is 12.2 Å². The van der Waals surface area contributed by atoms with Crippen molar-refractivity contribution in [2.75, 3.05) is 16.8 Å². The third-order valence-corrected chi connectivity index (χ3v) is 3.17. The average molecular weight is 352 g/mol. The summed E-state index contributed by atoms with van der Waals surface area (Å²) in [6.45, 7) is 3.57. The fourth-order valence-corrected chi connectivity index (χ4v) is 2.12. The second-order valence-electron chi connectivity index (χ2n) is 5.60. The molecule has 0 aliphatic heterocycles. The highest BCUT2D eigenvalue weighted by Gasteiger charge is 2.17. The van der Waals surface area contributed by atoms with Crippen LogP contribution in [0.25, 0.3) is 0 Å². The van der Waals surface area contributed by atoms with Gasteiger partial charge < -0.3 is 9.47 Å². The normalized spacial score (nSPS) is 9.92. The van der Waals surface area contributed by atoms with Gasteiger partial charge in [-0.1, -0.05) is 30.2 Å². The number of carbonyl (C=O) groups excluding carboxylic acids is 2. The van der Waals surface area contributed by atoms with Crippen LogP contribution in [0.1, 0.15) is 13.8 Å². The van der Waals surface area contributed by atoms with E-state index in [0.717, 1.165) is 0 Å². The summed E-state index contributed by atoms with van der Waals surface area (Å²) in [5, 5.41) is 2.57. The zero-order valence-electron chi connectivity index (χ0n) is 14.6. The average Bonchev–Trinajstić information content (AvgIpc) is 2.59. The molecular formula is C20H20N2O4. The highest BCUT2D eigenvalue weighted by Crippen LogP contribution is 2.20. The van der Waals surface area contributed by atoms with Crippen LogP contribution in [-0.4, -0.2) is 24.8 Å². The lowest BCUT2D eigenvalue weighted by atomic mass is 10.3. The van der Waals surface area contributed by atoms with Gasteiger partial charge in [0.15, 0.2) is 0 Å². The lowest BCUT2D eigenvalue weighted by molar-refractivity contribution is 0.130. The predicted molar refractivity (Wildman–Crippen MR) is 100 cm³/mol. The number of amides is 2. The first kappa shape index (κ1) is 18.9. The van der Waals surface area contributed by atoms with Crippen molar-refractivity contribution < 1.29 is 19.1 Å². The van der Waals surface area contributed by atoms with Gasteiger partial charge in [0, 0.05) is 17.4 Å². The van der Waals surface area contributed by atoms with E-state index in [1.165, 1.54) is 11.0 Å². The summed E-state index contributed by atoms with van der Waals surface area (Å²) in [5.41, 5.74) is 1.08. The molecule has 134 valence electrons. The number of para-hydroxylation sites is 1. The van der Waals surface area contributed by atoms with Crippen LogP contribution in [0.5, 0.6) is 5.75 Å². The van der Waals surface area contributed by atoms with Crippen LogP contribution in [0, 0.1) is 12.3 Å². The molecule has 0 aromatic heterocycles. The molecule has 2 rings (SSSR count). The summed E-state index contributed by atoms with van der Waals surface area (Å²) < 4.78 is 10.4. The smallest absolute Gasteiger partial charge is 0.420 e. The van der Waals surface area contributed by atoms with Gasteiger partial charge in [-0.25, -0.2) is 9.59 Å². The summed E-state index contributed by atoms with van der Waals surface area (Å²) in [6, 6.07) is 15.4. The summed E-state index contributed by atoms with van der Waals surface area (Å²) in [6.07, 6.45) is 3.92. The number of carbonyl (C=O) groups is 2. The maximum atomic E-state index is 12.5. The van der Waals surface area contributed by atoms with Crippen molar-refractivity contribution in [3.05, 3.63) is 54.6 Å². The summed E-state index contributed by atoms with van der Waals surface area (Å²) >= 11 is 0. The molecular weight excluding hydrogens is 332 g/mol. The Labute approximate surface area is 152 Å². The van der Waals surface area contributed by atoms with Crippen molar-refractivity contribution in [3.63, 3.8) is 0 Å². The van der Waals surface area contributed by atoms with Crippen LogP contribution in [0.4, 0.5) is 21.0 Å². The predicted octanol–water partition coefficient (Wildman–Crippen LogP) is 4.28. The van der Waals surface area contributed by atoms with Gasteiger partial charge in [0.05, 0.1) is 12.6 Å². The minimum absolute atomic E-state index is 0.0709. The van der Waals surface area contributed by atoms with Gasteiger partial charge in [0.1, 0.15) is 5.75 Å². The van der Waals surface area contributed by atoms with Gasteiger partial charge in [-0.05, 0) is 38.1 Å². The Bertz CT molecular complexity index is 797. The molecule has 0 fully saturated rings. The van der Waals surface area contributed by atoms with Crippen molar-refractivity contribution in [3.8, 4) is 18.1 Å². The van der Waals surface area contributed by atoms with Gasteiger partial charge in [-0.2, -0.15) is 0 Å². The quantitative estimate of drug-likeness (QED) is 0.816. The van der Waals surface area contributed by atoms with E-state index in [1.807, 2.05) is 6.07 Å². The topological polar surface area (TPSA) is 67.9 Å². The van der Waals surface area contributed by atoms with E-state index in [1.54, 1.807) is 56.3 Å². The summed E-state index contributed by atoms with van der Waals surface area (Å²) in [7, 11) is 0. The number of benzene rings is 2. The van der Waals surface area contributed by atoms with Crippen LogP contribution in [0.15, 0.2) is 54.6 Å². The Hall–Kier alpha value is -3.46. The molecule has 0 bridgehead atoms. The highest BCUT2D eigenvalue weighted by atomic mass is 16.6. The van der Waals surface area contributed by atoms with Crippen molar-refractivity contribution in [2.45, 2.75) is 20.0 Å². The number of hydrogen-bond acceptors (Lipinski definition) is 4. The fourth-order valence-electron chi connectivity index (χ4n) is 2.12. The maximum Gasteiger partial charge on any atom is 0.420 e. The zero-order valence-corrected chi connectivity index (χ0v) is 14.6. The standard InChI is InChI=1S/C20H20N2O4/c1-4-13-22(17-10-6-5-7-11-17)20(24)26-18-12-8-9-16(14-18)21-19(23)25-15(2)3/h1,5-12,14-15H,13H2,2-3H3,(H,21,23). The van der Waals surface area contributed by atoms with Crippen LogP contribution in [-0.2, 0) is 4.74 Å². The number of nitrogens with one attached hydrogen (secondary N) is 1. The Morgan fingerprint density at radius 3 is 2.54 bits per heavy atom. The van der Waals surface area contributed by atoms with E-state index < -0.39 is 12.2 Å². The van der Waals surface area contributed by atoms with Gasteiger partial charge in [0.2, 0.25) is 0 Å². The third-order valence-electron chi connectivity index (χ3n) is 3.17. The molecule has 6 heteroatoms. The van der Waals surface area contributed by atoms with Crippen molar-refractivity contribution in [1.29, 1.82) is 0 Å². The van der Waals surface area contributed by atoms with Gasteiger partial charge in [-0.15, -0.1) is 6.42 Å². The SMILES string of the molecule is C#CCN(C(=O)Oc1cccc(NC(=O)OC(C)C)c1)c1ccccc1. The van der Waals surface area contributed by atoms with Gasteiger partial charge in [-0.3, -0.25) is 10.2 Å². The monoisotopic (exact) mass is 352 g/mol. The third kappa shape index (κ3) is 5.56. The lowest BCUT2D eigenvalue weighted by Gasteiger charge is -2.19. The number of hydrogen-bond donors (Lipinski definition) is 1. The van der Waals surface area contributed by atoms with Crippen LogP contribution < -0.4 is 15.0 Å². The molecule has 26 heavy (non-hydrogen) atoms. The molecule has 0 spiro atoms. The van der Waals surface area contributed by atoms with Gasteiger partial charge in [0.25, 0.3) is 0 Å². The Kier molecular flexibility index (Phi) is 6.63. The first-order valence-corrected chi connectivity index (χ1v) is 8.05. The number of ether oxygens (including phenoxy) is 2. The first-order chi connectivity index (χ1) is 12.5. The Morgan fingerprint density at radius 2 is 1.88 bits per heavy atom. The molecule has 2 amide bonds. The second kappa shape index (κ2) is 9.14. The van der Waals surface area contributed by atoms with E-state index in [4.69, 9.17) is 15.9 Å². The number of anilines is 2. The summed E-state index contributed by atoms with van der Waals surface area (Å²) in [4.78, 5) is 25.5. The molecule has 0 heterocycles. The molecule has 0 saturated carbocycles. The first-order valence-electron chi connectivity index (χ1n) is 8.05. The van der Waals surface area contributed by atoms with Crippen LogP contribution in [0.3, 0.4) is 0 Å². The lowest BCUT2D eigenvalue weighted by Crippen LogP contribution is -2.33. The number of nitrogens with zero attached hydrogens (tertiary/aromatic N) is 1. The molecule has 0 aliphatic rings. The molecule has 2 aromatic rings. The van der Waals surface area contributed by atoms with Crippen molar-refractivity contribution in [2.24, 2.45) is 0 Å². The van der Waals surface area contributed by atoms with E-state index in [-0.39, 0.29) is 18.4 Å². The molecule has 6 nitrogen and oxygen atoms in total. The summed E-state index contributed by atoms with van der Waals surface area (Å²) in [5.74, 6) is 2.71. The fraction of sp³-hybridized carbons (Fsp3) is 0.200. The Balaban J connectivity index is 2.09. The van der Waals surface area contributed by atoms with E-state index in [9.17, 15) is 9.59 Å². The molecule has 1 N–H and O–H groups in total. The number of rotatable bonds is 5. The van der Waals surface area contributed by atoms with Crippen LogP contribution in [0.2, 0.25) is 0 Å². The molecule has 0 radical (unpaired) electrons. The molecule has 2 aromatic carbocycles. The molecule has 0 aliphatic carbocycles. The number of terminal acetylenes is 1. The maximum absolute atomic E-state index is 12.5. The van der Waals surface area contributed by atoms with Crippen LogP contribution >= 0.6 is 0 Å². The highest BCUT2D eigenvalue weighted by molar-refractivity contribution is 5.90. The minimum atomic E-state index is -0.615. The second-order valence-corrected chi connectivity index (χ2v) is 5.60. The Morgan fingerprint density at radius 1 is 1.15 bits per heavy atom. The molecule has 0 saturated heterocycles. The zero-order chi connectivity index (χ0) is 18.9. The van der Waals surface area contributed by atoms with Crippen molar-refractivity contribution >= 4 is 23.6 Å². The van der Waals surface area contributed by atoms with E-state index >= 15 is 0 Å².